The zero-order valence-corrected chi connectivity index (χ0v) is 23.6. The molecule has 12 heteroatoms. The first-order valence-electron chi connectivity index (χ1n) is 13.4. The van der Waals surface area contributed by atoms with Crippen LogP contribution in [-0.4, -0.2) is 91.2 Å². The molecule has 0 N–H and O–H groups in total. The summed E-state index contributed by atoms with van der Waals surface area (Å²) in [5.74, 6) is 0.454. The predicted octanol–water partition coefficient (Wildman–Crippen LogP) is 4.38. The minimum Gasteiger partial charge on any atom is -0.491 e. The Balaban J connectivity index is 1.50. The molecule has 0 aliphatic rings. The highest BCUT2D eigenvalue weighted by atomic mass is 16.6. The van der Waals surface area contributed by atoms with E-state index in [0.29, 0.717) is 88.9 Å². The number of esters is 2. The van der Waals surface area contributed by atoms with Gasteiger partial charge in [0.15, 0.2) is 0 Å². The van der Waals surface area contributed by atoms with Crippen molar-refractivity contribution >= 4 is 23.3 Å². The summed E-state index contributed by atoms with van der Waals surface area (Å²) in [6.45, 7) is 10.8. The Labute approximate surface area is 245 Å². The highest BCUT2D eigenvalue weighted by Gasteiger charge is 2.00. The van der Waals surface area contributed by atoms with E-state index in [1.165, 1.54) is 0 Å². The van der Waals surface area contributed by atoms with Crippen LogP contribution in [0.5, 0.6) is 11.5 Å². The van der Waals surface area contributed by atoms with E-state index in [4.69, 9.17) is 37.9 Å². The van der Waals surface area contributed by atoms with Crippen LogP contribution in [0.2, 0.25) is 0 Å². The van der Waals surface area contributed by atoms with E-state index in [1.54, 1.807) is 0 Å². The first-order chi connectivity index (χ1) is 20.6. The van der Waals surface area contributed by atoms with Crippen molar-refractivity contribution in [1.82, 2.24) is 0 Å². The van der Waals surface area contributed by atoms with Crippen molar-refractivity contribution in [3.63, 3.8) is 0 Å². The van der Waals surface area contributed by atoms with Crippen molar-refractivity contribution in [3.05, 3.63) is 73.8 Å². The molecule has 2 aromatic carbocycles. The van der Waals surface area contributed by atoms with Gasteiger partial charge in [0.25, 0.3) is 0 Å². The number of benzene rings is 2. The van der Waals surface area contributed by atoms with Crippen LogP contribution in [0.1, 0.15) is 0 Å². The lowest BCUT2D eigenvalue weighted by molar-refractivity contribution is -0.140. The highest BCUT2D eigenvalue weighted by Crippen LogP contribution is 2.23. The van der Waals surface area contributed by atoms with Crippen molar-refractivity contribution in [1.29, 1.82) is 0 Å². The van der Waals surface area contributed by atoms with E-state index < -0.39 is 11.9 Å². The van der Waals surface area contributed by atoms with Crippen LogP contribution in [0.15, 0.2) is 84.1 Å². The Bertz CT molecular complexity index is 989. The number of azo groups is 1. The summed E-state index contributed by atoms with van der Waals surface area (Å²) < 4.78 is 42.4. The normalized spacial score (nSPS) is 10.8. The van der Waals surface area contributed by atoms with Crippen LogP contribution in [-0.2, 0) is 38.0 Å². The second kappa shape index (κ2) is 22.6. The molecule has 0 atom stereocenters. The molecule has 0 aliphatic carbocycles. The molecule has 2 aromatic rings. The summed E-state index contributed by atoms with van der Waals surface area (Å²) in [5, 5.41) is 8.49. The largest absolute Gasteiger partial charge is 0.491 e. The van der Waals surface area contributed by atoms with Gasteiger partial charge in [0, 0.05) is 12.2 Å². The zero-order chi connectivity index (χ0) is 30.1. The summed E-state index contributed by atoms with van der Waals surface area (Å²) >= 11 is 0. The first kappa shape index (κ1) is 34.1. The van der Waals surface area contributed by atoms with Gasteiger partial charge in [-0.15, -0.1) is 0 Å². The molecule has 0 heterocycles. The molecule has 0 saturated carbocycles. The van der Waals surface area contributed by atoms with Crippen LogP contribution in [0.25, 0.3) is 0 Å². The number of nitrogens with zero attached hydrogens (tertiary/aromatic N) is 2. The van der Waals surface area contributed by atoms with Crippen LogP contribution >= 0.6 is 0 Å². The maximum atomic E-state index is 10.9. The van der Waals surface area contributed by atoms with Gasteiger partial charge in [-0.05, 0) is 48.5 Å². The molecule has 42 heavy (non-hydrogen) atoms. The van der Waals surface area contributed by atoms with E-state index in [2.05, 4.69) is 23.4 Å². The molecule has 2 rings (SSSR count). The average molecular weight is 587 g/mol. The van der Waals surface area contributed by atoms with Crippen LogP contribution in [0.4, 0.5) is 11.4 Å². The smallest absolute Gasteiger partial charge is 0.330 e. The molecular weight excluding hydrogens is 548 g/mol. The third-order valence-corrected chi connectivity index (χ3v) is 4.97. The van der Waals surface area contributed by atoms with Crippen molar-refractivity contribution in [2.24, 2.45) is 10.2 Å². The maximum Gasteiger partial charge on any atom is 0.330 e. The number of hydrogen-bond donors (Lipinski definition) is 0. The number of ether oxygens (including phenoxy) is 8. The molecule has 0 spiro atoms. The fraction of sp³-hybridized carbons (Fsp3) is 0.400. The predicted molar refractivity (Wildman–Crippen MR) is 154 cm³/mol. The molecule has 0 aliphatic heterocycles. The van der Waals surface area contributed by atoms with Crippen molar-refractivity contribution < 1.29 is 47.5 Å². The Morgan fingerprint density at radius 2 is 0.810 bits per heavy atom. The molecule has 0 saturated heterocycles. The lowest BCUT2D eigenvalue weighted by Gasteiger charge is -2.08. The summed E-state index contributed by atoms with van der Waals surface area (Å²) in [4.78, 5) is 21.8. The average Bonchev–Trinajstić information content (AvgIpc) is 3.02. The monoisotopic (exact) mass is 586 g/mol. The van der Waals surface area contributed by atoms with Gasteiger partial charge in [0.1, 0.15) is 37.9 Å². The zero-order valence-electron chi connectivity index (χ0n) is 23.6. The molecule has 0 unspecified atom stereocenters. The van der Waals surface area contributed by atoms with Gasteiger partial charge >= 0.3 is 11.9 Å². The molecule has 0 amide bonds. The van der Waals surface area contributed by atoms with Crippen molar-refractivity contribution in [2.45, 2.75) is 0 Å². The Morgan fingerprint density at radius 3 is 1.14 bits per heavy atom. The van der Waals surface area contributed by atoms with Crippen LogP contribution in [0.3, 0.4) is 0 Å². The lowest BCUT2D eigenvalue weighted by atomic mass is 10.3. The van der Waals surface area contributed by atoms with Crippen LogP contribution in [0, 0.1) is 0 Å². The van der Waals surface area contributed by atoms with Gasteiger partial charge in [0.2, 0.25) is 0 Å². The summed E-state index contributed by atoms with van der Waals surface area (Å²) in [6, 6.07) is 14.5. The van der Waals surface area contributed by atoms with Gasteiger partial charge in [-0.1, -0.05) is 13.2 Å². The number of carbonyl (C=O) groups excluding carboxylic acids is 2. The van der Waals surface area contributed by atoms with Gasteiger partial charge in [0.05, 0.1) is 64.2 Å². The summed E-state index contributed by atoms with van der Waals surface area (Å²) in [5.41, 5.74) is 1.38. The van der Waals surface area contributed by atoms with Crippen molar-refractivity contribution in [3.8, 4) is 11.5 Å². The molecular formula is C30H38N2O10. The second-order valence-electron chi connectivity index (χ2n) is 8.08. The standard InChI is InChI=1S/C30H38N2O10/c1-3-29(33)41-23-19-37-15-13-35-17-21-39-27-9-5-25(6-10-27)31-32-26-7-11-28(12-8-26)40-22-18-36-14-16-38-20-24-42-30(34)4-2/h3-12H,1-2,13-24H2. The van der Waals surface area contributed by atoms with E-state index >= 15 is 0 Å². The summed E-state index contributed by atoms with van der Waals surface area (Å²) in [6.07, 6.45) is 2.22. The Morgan fingerprint density at radius 1 is 0.500 bits per heavy atom. The maximum absolute atomic E-state index is 10.9. The van der Waals surface area contributed by atoms with Crippen molar-refractivity contribution in [2.75, 3.05) is 79.3 Å². The topological polar surface area (TPSA) is 133 Å². The fourth-order valence-electron chi connectivity index (χ4n) is 2.93. The third-order valence-electron chi connectivity index (χ3n) is 4.97. The summed E-state index contributed by atoms with van der Waals surface area (Å²) in [7, 11) is 0. The van der Waals surface area contributed by atoms with E-state index in [0.717, 1.165) is 12.2 Å². The van der Waals surface area contributed by atoms with E-state index in [-0.39, 0.29) is 13.2 Å². The quantitative estimate of drug-likeness (QED) is 0.0755. The highest BCUT2D eigenvalue weighted by molar-refractivity contribution is 5.81. The number of hydrogen-bond acceptors (Lipinski definition) is 12. The molecule has 12 nitrogen and oxygen atoms in total. The second-order valence-corrected chi connectivity index (χ2v) is 8.08. The molecule has 0 bridgehead atoms. The Kier molecular flexibility index (Phi) is 18.3. The Hall–Kier alpha value is -4.10. The minimum atomic E-state index is -0.469. The van der Waals surface area contributed by atoms with Gasteiger partial charge in [-0.2, -0.15) is 10.2 Å². The molecule has 228 valence electrons. The fourth-order valence-corrected chi connectivity index (χ4v) is 2.93. The van der Waals surface area contributed by atoms with Gasteiger partial charge in [-0.25, -0.2) is 9.59 Å². The van der Waals surface area contributed by atoms with E-state index in [9.17, 15) is 9.59 Å². The molecule has 0 fully saturated rings. The SMILES string of the molecule is C=CC(=O)OCCOCCOCCOc1ccc(N=Nc2ccc(OCCOCCOCCOC(=O)C=C)cc2)cc1. The van der Waals surface area contributed by atoms with Gasteiger partial charge < -0.3 is 37.9 Å². The molecule has 0 aromatic heterocycles. The minimum absolute atomic E-state index is 0.182. The van der Waals surface area contributed by atoms with E-state index in [1.807, 2.05) is 48.5 Å². The van der Waals surface area contributed by atoms with Crippen LogP contribution < -0.4 is 9.47 Å². The third kappa shape index (κ3) is 16.9. The number of rotatable bonds is 24. The molecule has 0 radical (unpaired) electrons. The van der Waals surface area contributed by atoms with Gasteiger partial charge in [-0.3, -0.25) is 0 Å². The lowest BCUT2D eigenvalue weighted by Crippen LogP contribution is -2.13. The number of carbonyl (C=O) groups is 2. The first-order valence-corrected chi connectivity index (χ1v) is 13.4.